The summed E-state index contributed by atoms with van der Waals surface area (Å²) in [5, 5.41) is 5.52. The Labute approximate surface area is 122 Å². The molecule has 2 aromatic carbocycles. The van der Waals surface area contributed by atoms with Gasteiger partial charge in [0.25, 0.3) is 0 Å². The van der Waals surface area contributed by atoms with E-state index in [1.54, 1.807) is 0 Å². The first-order valence-electron chi connectivity index (χ1n) is 6.13. The van der Waals surface area contributed by atoms with Gasteiger partial charge in [-0.2, -0.15) is 0 Å². The van der Waals surface area contributed by atoms with Crippen LogP contribution in [0.25, 0.3) is 16.1 Å². The molecule has 0 N–H and O–H groups in total. The number of nitrogens with zero attached hydrogens (tertiary/aromatic N) is 1. The van der Waals surface area contributed by atoms with E-state index in [0.29, 0.717) is 11.1 Å². The summed E-state index contributed by atoms with van der Waals surface area (Å²) in [5.41, 5.74) is 3.65. The zero-order valence-corrected chi connectivity index (χ0v) is 10.7. The van der Waals surface area contributed by atoms with Crippen molar-refractivity contribution in [2.45, 2.75) is 19.3 Å². The normalized spacial score (nSPS) is 16.0. The third-order valence-electron chi connectivity index (χ3n) is 3.89. The Hall–Kier alpha value is -1.56. The molecule has 1 aliphatic heterocycles. The van der Waals surface area contributed by atoms with Gasteiger partial charge in [-0.3, -0.25) is 0 Å². The fraction of sp³-hybridized carbons (Fsp3) is 0.200. The van der Waals surface area contributed by atoms with E-state index in [4.69, 9.17) is 0 Å². The summed E-state index contributed by atoms with van der Waals surface area (Å²) in [6, 6.07) is 7.64. The van der Waals surface area contributed by atoms with Gasteiger partial charge in [-0.1, -0.05) is 24.3 Å². The molecule has 0 radical (unpaired) electrons. The van der Waals surface area contributed by atoms with Crippen molar-refractivity contribution in [1.82, 2.24) is 0 Å². The predicted octanol–water partition coefficient (Wildman–Crippen LogP) is 0.000200. The molecular weight excluding hydrogens is 233 g/mol. The van der Waals surface area contributed by atoms with Crippen molar-refractivity contribution in [1.29, 1.82) is 0 Å². The third-order valence-corrected chi connectivity index (χ3v) is 3.89. The second-order valence-electron chi connectivity index (χ2n) is 4.87. The minimum atomic E-state index is -0.401. The average Bonchev–Trinajstić information content (AvgIpc) is 2.38. The largest absolute Gasteiger partial charge is 1.00 e. The van der Waals surface area contributed by atoms with Crippen LogP contribution in [0.2, 0.25) is 0 Å². The number of carbonyl (C=O) groups is 2. The third kappa shape index (κ3) is 1.59. The maximum Gasteiger partial charge on any atom is 1.00 e. The Morgan fingerprint density at radius 3 is 1.84 bits per heavy atom. The van der Waals surface area contributed by atoms with Crippen molar-refractivity contribution in [2.75, 3.05) is 0 Å². The van der Waals surface area contributed by atoms with Gasteiger partial charge in [0, 0.05) is 16.5 Å². The van der Waals surface area contributed by atoms with Gasteiger partial charge in [-0.15, -0.1) is 0 Å². The van der Waals surface area contributed by atoms with E-state index < -0.39 is 11.8 Å². The maximum absolute atomic E-state index is 11.8. The molecule has 1 aliphatic carbocycles. The van der Waals surface area contributed by atoms with Gasteiger partial charge >= 0.3 is 18.9 Å². The number of aryl methyl sites for hydroxylation is 2. The minimum absolute atomic E-state index is 0. The number of rotatable bonds is 0. The van der Waals surface area contributed by atoms with Crippen LogP contribution in [0.15, 0.2) is 24.3 Å². The van der Waals surface area contributed by atoms with Crippen molar-refractivity contribution in [3.8, 4) is 0 Å². The molecule has 0 atom stereocenters. The van der Waals surface area contributed by atoms with E-state index in [1.807, 2.05) is 24.3 Å². The molecule has 4 rings (SSSR count). The van der Waals surface area contributed by atoms with Crippen LogP contribution < -0.4 is 18.9 Å². The molecule has 0 bridgehead atoms. The Morgan fingerprint density at radius 1 is 0.789 bits per heavy atom. The molecule has 0 saturated carbocycles. The molecule has 2 aromatic rings. The number of hydrogen-bond donors (Lipinski definition) is 0. The van der Waals surface area contributed by atoms with Gasteiger partial charge in [0.2, 0.25) is 0 Å². The van der Waals surface area contributed by atoms with Crippen LogP contribution in [0.5, 0.6) is 0 Å². The van der Waals surface area contributed by atoms with Crippen LogP contribution in [0, 0.1) is 0 Å². The first-order chi connectivity index (χ1) is 8.75. The van der Waals surface area contributed by atoms with Crippen LogP contribution in [0.1, 0.15) is 38.3 Å². The van der Waals surface area contributed by atoms with Crippen LogP contribution in [0.3, 0.4) is 0 Å². The molecule has 1 heterocycles. The predicted molar refractivity (Wildman–Crippen MR) is 68.0 cm³/mol. The molecular formula is C15H10LiNO2. The molecule has 2 amide bonds. The van der Waals surface area contributed by atoms with Gasteiger partial charge in [0.1, 0.15) is 0 Å². The molecule has 0 fully saturated rings. The molecule has 3 nitrogen and oxygen atoms in total. The van der Waals surface area contributed by atoms with Gasteiger partial charge in [-0.25, -0.2) is 0 Å². The van der Waals surface area contributed by atoms with E-state index in [0.717, 1.165) is 30.0 Å². The topological polar surface area (TPSA) is 48.2 Å². The van der Waals surface area contributed by atoms with Crippen LogP contribution in [-0.2, 0) is 12.8 Å². The summed E-state index contributed by atoms with van der Waals surface area (Å²) in [5.74, 6) is -0.802. The standard InChI is InChI=1S/C15H11NO2.Li/c17-14-10-6-4-8-2-1-3-9-5-7-11(15(18)16-14)13(10)12(8)9;/h4-7H,1-3H2,(H,16,17,18);/q;+1/p-1. The molecule has 88 valence electrons. The summed E-state index contributed by atoms with van der Waals surface area (Å²) in [7, 11) is 0. The van der Waals surface area contributed by atoms with Crippen LogP contribution in [-0.4, -0.2) is 11.8 Å². The molecule has 0 unspecified atom stereocenters. The monoisotopic (exact) mass is 243 g/mol. The Balaban J connectivity index is 0.00000110. The average molecular weight is 243 g/mol. The van der Waals surface area contributed by atoms with Gasteiger partial charge in [0.15, 0.2) is 0 Å². The summed E-state index contributed by atoms with van der Waals surface area (Å²) >= 11 is 0. The SMILES string of the molecule is O=C1[N-]C(=O)c2ccc3c4c(ccc1c24)CCC3.[Li+]. The smallest absolute Gasteiger partial charge is 0.587 e. The number of hydrogen-bond acceptors (Lipinski definition) is 2. The Bertz CT molecular complexity index is 680. The second-order valence-corrected chi connectivity index (χ2v) is 4.87. The molecule has 2 aliphatic rings. The first-order valence-corrected chi connectivity index (χ1v) is 6.13. The second kappa shape index (κ2) is 4.23. The molecule has 19 heavy (non-hydrogen) atoms. The van der Waals surface area contributed by atoms with E-state index in [2.05, 4.69) is 5.32 Å². The van der Waals surface area contributed by atoms with E-state index in [1.165, 1.54) is 11.1 Å². The number of carbonyl (C=O) groups excluding carboxylic acids is 2. The van der Waals surface area contributed by atoms with Crippen LogP contribution >= 0.6 is 0 Å². The van der Waals surface area contributed by atoms with Crippen molar-refractivity contribution < 1.29 is 28.4 Å². The van der Waals surface area contributed by atoms with Crippen molar-refractivity contribution >= 4 is 22.6 Å². The molecule has 0 aromatic heterocycles. The zero-order valence-electron chi connectivity index (χ0n) is 10.7. The number of amides is 2. The van der Waals surface area contributed by atoms with Crippen LogP contribution in [0.4, 0.5) is 0 Å². The fourth-order valence-corrected chi connectivity index (χ4v) is 3.10. The summed E-state index contributed by atoms with van der Waals surface area (Å²) < 4.78 is 0. The van der Waals surface area contributed by atoms with Gasteiger partial charge in [0.05, 0.1) is 11.8 Å². The van der Waals surface area contributed by atoms with E-state index in [9.17, 15) is 9.59 Å². The fourth-order valence-electron chi connectivity index (χ4n) is 3.10. The maximum atomic E-state index is 11.8. The van der Waals surface area contributed by atoms with E-state index >= 15 is 0 Å². The Morgan fingerprint density at radius 2 is 1.32 bits per heavy atom. The van der Waals surface area contributed by atoms with Crippen molar-refractivity contribution in [2.24, 2.45) is 0 Å². The summed E-state index contributed by atoms with van der Waals surface area (Å²) in [4.78, 5) is 23.6. The zero-order chi connectivity index (χ0) is 12.3. The minimum Gasteiger partial charge on any atom is -0.587 e. The van der Waals surface area contributed by atoms with Crippen molar-refractivity contribution in [3.05, 3.63) is 51.8 Å². The quantitative estimate of drug-likeness (QED) is 0.483. The summed E-state index contributed by atoms with van der Waals surface area (Å²) in [6.07, 6.45) is 3.17. The Kier molecular flexibility index (Phi) is 2.78. The molecule has 4 heteroatoms. The van der Waals surface area contributed by atoms with Gasteiger partial charge in [-0.05, 0) is 35.8 Å². The number of imide groups is 1. The first kappa shape index (κ1) is 12.5. The molecule has 0 spiro atoms. The summed E-state index contributed by atoms with van der Waals surface area (Å²) in [6.45, 7) is 0. The van der Waals surface area contributed by atoms with Crippen molar-refractivity contribution in [3.63, 3.8) is 0 Å². The number of benzene rings is 2. The molecule has 0 saturated heterocycles. The van der Waals surface area contributed by atoms with E-state index in [-0.39, 0.29) is 18.9 Å². The van der Waals surface area contributed by atoms with Gasteiger partial charge < -0.3 is 14.9 Å².